The van der Waals surface area contributed by atoms with E-state index < -0.39 is 15.9 Å². The first-order valence-electron chi connectivity index (χ1n) is 8.63. The predicted molar refractivity (Wildman–Crippen MR) is 120 cm³/mol. The Kier molecular flexibility index (Phi) is 6.31. The number of sulfonamides is 1. The zero-order valence-electron chi connectivity index (χ0n) is 15.7. The molecule has 5 nitrogen and oxygen atoms in total. The number of amides is 1. The molecule has 0 aliphatic rings. The fraction of sp³-hybridized carbons (Fsp3) is 0.0952. The van der Waals surface area contributed by atoms with Crippen molar-refractivity contribution in [2.75, 3.05) is 10.0 Å². The van der Waals surface area contributed by atoms with Crippen molar-refractivity contribution in [2.24, 2.45) is 0 Å². The van der Waals surface area contributed by atoms with Gasteiger partial charge in [-0.15, -0.1) is 0 Å². The lowest BCUT2D eigenvalue weighted by atomic mass is 10.2. The summed E-state index contributed by atoms with van der Waals surface area (Å²) in [4.78, 5) is 12.5. The summed E-state index contributed by atoms with van der Waals surface area (Å²) in [6, 6.07) is 16.5. The average molecular weight is 494 g/mol. The summed E-state index contributed by atoms with van der Waals surface area (Å²) in [6.45, 7) is 3.70. The van der Waals surface area contributed by atoms with Gasteiger partial charge in [-0.3, -0.25) is 9.52 Å². The van der Waals surface area contributed by atoms with Gasteiger partial charge >= 0.3 is 0 Å². The summed E-state index contributed by atoms with van der Waals surface area (Å²) in [7, 11) is -3.98. The van der Waals surface area contributed by atoms with Crippen LogP contribution in [-0.2, 0) is 10.0 Å². The Labute approximate surface area is 183 Å². The molecule has 3 rings (SSSR count). The van der Waals surface area contributed by atoms with E-state index in [0.29, 0.717) is 11.4 Å². The molecule has 0 bridgehead atoms. The highest BCUT2D eigenvalue weighted by molar-refractivity contribution is 9.10. The molecule has 0 saturated carbocycles. The standard InChI is InChI=1S/C21H18BrClN2O3S/c1-13-5-3-4-6-19(13)25-29(27,28)20-12-15(7-10-18(20)23)21(26)24-16-8-9-17(22)14(2)11-16/h3-12,25H,1-2H3,(H,24,26). The number of rotatable bonds is 5. The van der Waals surface area contributed by atoms with Crippen LogP contribution in [0.5, 0.6) is 0 Å². The molecule has 1 amide bonds. The van der Waals surface area contributed by atoms with Gasteiger partial charge in [-0.2, -0.15) is 0 Å². The maximum absolute atomic E-state index is 12.9. The molecule has 0 atom stereocenters. The van der Waals surface area contributed by atoms with Crippen LogP contribution in [0.15, 0.2) is 70.0 Å². The molecular formula is C21H18BrClN2O3S. The fourth-order valence-corrected chi connectivity index (χ4v) is 4.57. The SMILES string of the molecule is Cc1cc(NC(=O)c2ccc(Cl)c(S(=O)(=O)Nc3ccccc3C)c2)ccc1Br. The third-order valence-electron chi connectivity index (χ3n) is 4.29. The molecule has 0 unspecified atom stereocenters. The van der Waals surface area contributed by atoms with Gasteiger partial charge in [0.15, 0.2) is 0 Å². The Morgan fingerprint density at radius 1 is 0.966 bits per heavy atom. The maximum atomic E-state index is 12.9. The van der Waals surface area contributed by atoms with Crippen LogP contribution in [0.1, 0.15) is 21.5 Å². The molecule has 0 heterocycles. The van der Waals surface area contributed by atoms with Gasteiger partial charge in [0.2, 0.25) is 0 Å². The second-order valence-corrected chi connectivity index (χ2v) is 9.40. The lowest BCUT2D eigenvalue weighted by Crippen LogP contribution is -2.17. The van der Waals surface area contributed by atoms with E-state index in [-0.39, 0.29) is 15.5 Å². The second kappa shape index (κ2) is 8.57. The van der Waals surface area contributed by atoms with E-state index in [1.54, 1.807) is 31.2 Å². The fourth-order valence-electron chi connectivity index (χ4n) is 2.66. The normalized spacial score (nSPS) is 11.2. The molecule has 8 heteroatoms. The number of halogens is 2. The van der Waals surface area contributed by atoms with Crippen LogP contribution in [0.3, 0.4) is 0 Å². The number of hydrogen-bond acceptors (Lipinski definition) is 3. The number of aryl methyl sites for hydroxylation is 2. The van der Waals surface area contributed by atoms with Gasteiger partial charge in [0, 0.05) is 15.7 Å². The van der Waals surface area contributed by atoms with Crippen molar-refractivity contribution in [3.8, 4) is 0 Å². The lowest BCUT2D eigenvalue weighted by molar-refractivity contribution is 0.102. The van der Waals surface area contributed by atoms with Crippen molar-refractivity contribution in [3.05, 3.63) is 86.8 Å². The van der Waals surface area contributed by atoms with Gasteiger partial charge in [0.1, 0.15) is 4.90 Å². The van der Waals surface area contributed by atoms with Crippen LogP contribution >= 0.6 is 27.5 Å². The minimum Gasteiger partial charge on any atom is -0.322 e. The number of nitrogens with one attached hydrogen (secondary N) is 2. The lowest BCUT2D eigenvalue weighted by Gasteiger charge is -2.13. The Morgan fingerprint density at radius 2 is 1.69 bits per heavy atom. The highest BCUT2D eigenvalue weighted by atomic mass is 79.9. The van der Waals surface area contributed by atoms with Crippen LogP contribution in [0.2, 0.25) is 5.02 Å². The average Bonchev–Trinajstić information content (AvgIpc) is 2.66. The minimum absolute atomic E-state index is 0.0297. The Hall–Kier alpha value is -2.35. The monoisotopic (exact) mass is 492 g/mol. The molecule has 3 aromatic rings. The minimum atomic E-state index is -3.98. The van der Waals surface area contributed by atoms with E-state index in [0.717, 1.165) is 15.6 Å². The number of para-hydroxylation sites is 1. The van der Waals surface area contributed by atoms with E-state index in [1.165, 1.54) is 18.2 Å². The van der Waals surface area contributed by atoms with Gasteiger partial charge in [-0.25, -0.2) is 8.42 Å². The quantitative estimate of drug-likeness (QED) is 0.473. The van der Waals surface area contributed by atoms with Crippen LogP contribution < -0.4 is 10.0 Å². The molecule has 0 aliphatic carbocycles. The molecule has 2 N–H and O–H groups in total. The number of benzene rings is 3. The van der Waals surface area contributed by atoms with Crippen molar-refractivity contribution in [2.45, 2.75) is 18.7 Å². The van der Waals surface area contributed by atoms with Crippen LogP contribution in [-0.4, -0.2) is 14.3 Å². The van der Waals surface area contributed by atoms with E-state index in [1.807, 2.05) is 25.1 Å². The molecular weight excluding hydrogens is 476 g/mol. The topological polar surface area (TPSA) is 75.3 Å². The molecule has 0 radical (unpaired) electrons. The summed E-state index contributed by atoms with van der Waals surface area (Å²) in [5.41, 5.74) is 2.97. The Morgan fingerprint density at radius 3 is 2.38 bits per heavy atom. The first kappa shape index (κ1) is 21.4. The molecule has 0 fully saturated rings. The molecule has 0 aromatic heterocycles. The second-order valence-electron chi connectivity index (χ2n) is 6.48. The third-order valence-corrected chi connectivity index (χ3v) is 7.02. The molecule has 3 aromatic carbocycles. The highest BCUT2D eigenvalue weighted by Crippen LogP contribution is 2.27. The largest absolute Gasteiger partial charge is 0.322 e. The highest BCUT2D eigenvalue weighted by Gasteiger charge is 2.21. The Bertz CT molecular complexity index is 1200. The van der Waals surface area contributed by atoms with E-state index in [2.05, 4.69) is 26.0 Å². The van der Waals surface area contributed by atoms with E-state index >= 15 is 0 Å². The van der Waals surface area contributed by atoms with Gasteiger partial charge in [-0.1, -0.05) is 45.7 Å². The van der Waals surface area contributed by atoms with E-state index in [4.69, 9.17) is 11.6 Å². The molecule has 29 heavy (non-hydrogen) atoms. The summed E-state index contributed by atoms with van der Waals surface area (Å²) in [5.74, 6) is -0.435. The summed E-state index contributed by atoms with van der Waals surface area (Å²) >= 11 is 9.54. The summed E-state index contributed by atoms with van der Waals surface area (Å²) in [6.07, 6.45) is 0. The number of carbonyl (C=O) groups excluding carboxylic acids is 1. The summed E-state index contributed by atoms with van der Waals surface area (Å²) < 4.78 is 29.2. The third kappa shape index (κ3) is 4.98. The van der Waals surface area contributed by atoms with Crippen LogP contribution in [0, 0.1) is 13.8 Å². The zero-order chi connectivity index (χ0) is 21.2. The molecule has 0 saturated heterocycles. The van der Waals surface area contributed by atoms with Gasteiger partial charge in [0.05, 0.1) is 10.7 Å². The number of hydrogen-bond donors (Lipinski definition) is 2. The predicted octanol–water partition coefficient (Wildman–Crippen LogP) is 5.77. The maximum Gasteiger partial charge on any atom is 0.263 e. The smallest absolute Gasteiger partial charge is 0.263 e. The summed E-state index contributed by atoms with van der Waals surface area (Å²) in [5, 5.41) is 2.79. The van der Waals surface area contributed by atoms with Gasteiger partial charge < -0.3 is 5.32 Å². The first-order valence-corrected chi connectivity index (χ1v) is 11.3. The molecule has 0 aliphatic heterocycles. The van der Waals surface area contributed by atoms with Crippen molar-refractivity contribution >= 4 is 54.8 Å². The Balaban J connectivity index is 1.89. The van der Waals surface area contributed by atoms with Crippen molar-refractivity contribution in [1.82, 2.24) is 0 Å². The molecule has 0 spiro atoms. The van der Waals surface area contributed by atoms with Crippen LogP contribution in [0.4, 0.5) is 11.4 Å². The van der Waals surface area contributed by atoms with Crippen LogP contribution in [0.25, 0.3) is 0 Å². The van der Waals surface area contributed by atoms with Gasteiger partial charge in [-0.05, 0) is 67.4 Å². The van der Waals surface area contributed by atoms with E-state index in [9.17, 15) is 13.2 Å². The van der Waals surface area contributed by atoms with Crippen molar-refractivity contribution in [1.29, 1.82) is 0 Å². The van der Waals surface area contributed by atoms with Crippen molar-refractivity contribution in [3.63, 3.8) is 0 Å². The van der Waals surface area contributed by atoms with Gasteiger partial charge in [0.25, 0.3) is 15.9 Å². The first-order chi connectivity index (χ1) is 13.7. The van der Waals surface area contributed by atoms with Crippen molar-refractivity contribution < 1.29 is 13.2 Å². The zero-order valence-corrected chi connectivity index (χ0v) is 18.8. The number of carbonyl (C=O) groups is 1. The molecule has 150 valence electrons. The number of anilines is 2.